The van der Waals surface area contributed by atoms with Gasteiger partial charge in [0.05, 0.1) is 11.9 Å². The van der Waals surface area contributed by atoms with Crippen LogP contribution in [0.3, 0.4) is 0 Å². The summed E-state index contributed by atoms with van der Waals surface area (Å²) in [6.45, 7) is 6.84. The average Bonchev–Trinajstić information content (AvgIpc) is 2.88. The van der Waals surface area contributed by atoms with Gasteiger partial charge in [0.15, 0.2) is 0 Å². The smallest absolute Gasteiger partial charge is 0.128 e. The van der Waals surface area contributed by atoms with Gasteiger partial charge in [0, 0.05) is 32.9 Å². The third-order valence-corrected chi connectivity index (χ3v) is 3.51. The Bertz CT molecular complexity index is 617. The number of rotatable bonds is 6. The molecule has 0 atom stereocenters. The maximum absolute atomic E-state index is 8.94. The summed E-state index contributed by atoms with van der Waals surface area (Å²) in [6, 6.07) is 8.12. The van der Waals surface area contributed by atoms with Crippen molar-refractivity contribution < 1.29 is 0 Å². The number of nitrogens with zero attached hydrogens (tertiary/aromatic N) is 4. The second-order valence-electron chi connectivity index (χ2n) is 4.89. The van der Waals surface area contributed by atoms with Gasteiger partial charge >= 0.3 is 0 Å². The fourth-order valence-electron chi connectivity index (χ4n) is 2.27. The van der Waals surface area contributed by atoms with Crippen molar-refractivity contribution in [3.05, 3.63) is 41.9 Å². The summed E-state index contributed by atoms with van der Waals surface area (Å²) < 4.78 is 1.83. The fraction of sp³-hybridized carbons (Fsp3) is 0.375. The van der Waals surface area contributed by atoms with E-state index in [0.29, 0.717) is 12.2 Å². The normalized spacial score (nSPS) is 10.2. The zero-order valence-electron chi connectivity index (χ0n) is 12.8. The lowest BCUT2D eigenvalue weighted by Crippen LogP contribution is -2.22. The van der Waals surface area contributed by atoms with E-state index in [9.17, 15) is 0 Å². The predicted octanol–water partition coefficient (Wildman–Crippen LogP) is 2.75. The van der Waals surface area contributed by atoms with Crippen molar-refractivity contribution in [2.24, 2.45) is 7.05 Å². The Labute approximate surface area is 125 Å². The molecule has 2 rings (SSSR count). The first kappa shape index (κ1) is 14.9. The Kier molecular flexibility index (Phi) is 4.83. The van der Waals surface area contributed by atoms with Gasteiger partial charge in [-0.2, -0.15) is 5.26 Å². The molecule has 0 aliphatic carbocycles. The molecule has 0 bridgehead atoms. The maximum atomic E-state index is 8.94. The highest BCUT2D eigenvalue weighted by Gasteiger charge is 2.04. The Morgan fingerprint density at radius 1 is 1.33 bits per heavy atom. The molecule has 2 aromatic rings. The minimum Gasteiger partial charge on any atom is -0.380 e. The van der Waals surface area contributed by atoms with Gasteiger partial charge in [-0.1, -0.05) is 0 Å². The van der Waals surface area contributed by atoms with Crippen LogP contribution in [0.4, 0.5) is 11.5 Å². The highest BCUT2D eigenvalue weighted by Crippen LogP contribution is 2.15. The lowest BCUT2D eigenvalue weighted by molar-refractivity contribution is 0.846. The van der Waals surface area contributed by atoms with Crippen molar-refractivity contribution in [3.8, 4) is 6.07 Å². The quantitative estimate of drug-likeness (QED) is 0.885. The largest absolute Gasteiger partial charge is 0.380 e. The molecule has 0 aliphatic rings. The van der Waals surface area contributed by atoms with Crippen molar-refractivity contribution in [2.45, 2.75) is 20.4 Å². The van der Waals surface area contributed by atoms with Crippen LogP contribution >= 0.6 is 0 Å². The minimum atomic E-state index is 0.668. The molecule has 5 heteroatoms. The Morgan fingerprint density at radius 3 is 2.62 bits per heavy atom. The molecule has 0 saturated heterocycles. The molecule has 2 heterocycles. The highest BCUT2D eigenvalue weighted by molar-refractivity contribution is 5.49. The first-order valence-corrected chi connectivity index (χ1v) is 7.18. The second-order valence-corrected chi connectivity index (χ2v) is 4.89. The molecule has 2 aromatic heterocycles. The maximum Gasteiger partial charge on any atom is 0.128 e. The van der Waals surface area contributed by atoms with Crippen LogP contribution in [0, 0.1) is 11.3 Å². The second kappa shape index (κ2) is 6.80. The Morgan fingerprint density at radius 2 is 2.10 bits per heavy atom. The van der Waals surface area contributed by atoms with E-state index in [1.54, 1.807) is 0 Å². The summed E-state index contributed by atoms with van der Waals surface area (Å²) in [4.78, 5) is 6.69. The van der Waals surface area contributed by atoms with Crippen LogP contribution in [0.1, 0.15) is 25.1 Å². The van der Waals surface area contributed by atoms with E-state index in [1.807, 2.05) is 42.2 Å². The highest BCUT2D eigenvalue weighted by atomic mass is 15.2. The van der Waals surface area contributed by atoms with E-state index >= 15 is 0 Å². The topological polar surface area (TPSA) is 56.9 Å². The number of anilines is 2. The van der Waals surface area contributed by atoms with Crippen molar-refractivity contribution in [2.75, 3.05) is 23.3 Å². The molecule has 5 nitrogen and oxygen atoms in total. The molecule has 0 radical (unpaired) electrons. The minimum absolute atomic E-state index is 0.668. The molecule has 0 aliphatic heterocycles. The van der Waals surface area contributed by atoms with Crippen molar-refractivity contribution >= 4 is 11.5 Å². The molecular weight excluding hydrogens is 262 g/mol. The fourth-order valence-corrected chi connectivity index (χ4v) is 2.27. The van der Waals surface area contributed by atoms with Gasteiger partial charge in [0.2, 0.25) is 0 Å². The zero-order chi connectivity index (χ0) is 15.2. The lowest BCUT2D eigenvalue weighted by atomic mass is 10.3. The number of nitriles is 1. The summed E-state index contributed by atoms with van der Waals surface area (Å²) in [5, 5.41) is 12.3. The van der Waals surface area contributed by atoms with Crippen LogP contribution in [0.15, 0.2) is 30.6 Å². The van der Waals surface area contributed by atoms with Gasteiger partial charge in [-0.25, -0.2) is 4.98 Å². The number of nitrogens with one attached hydrogen (secondary N) is 1. The Hall–Kier alpha value is -2.48. The first-order valence-electron chi connectivity index (χ1n) is 7.18. The average molecular weight is 283 g/mol. The third kappa shape index (κ3) is 3.54. The van der Waals surface area contributed by atoms with Crippen LogP contribution in [0.25, 0.3) is 0 Å². The van der Waals surface area contributed by atoms with Gasteiger partial charge in [0.1, 0.15) is 17.6 Å². The van der Waals surface area contributed by atoms with Crippen molar-refractivity contribution in [1.82, 2.24) is 9.55 Å². The van der Waals surface area contributed by atoms with Gasteiger partial charge < -0.3 is 14.8 Å². The predicted molar refractivity (Wildman–Crippen MR) is 85.3 cm³/mol. The van der Waals surface area contributed by atoms with Crippen LogP contribution in [0.2, 0.25) is 0 Å². The molecular formula is C16H21N5. The number of hydrogen-bond acceptors (Lipinski definition) is 4. The number of aromatic nitrogens is 2. The van der Waals surface area contributed by atoms with Crippen LogP contribution < -0.4 is 10.2 Å². The molecule has 0 unspecified atom stereocenters. The van der Waals surface area contributed by atoms with Gasteiger partial charge in [0.25, 0.3) is 0 Å². The number of aryl methyl sites for hydroxylation is 1. The monoisotopic (exact) mass is 283 g/mol. The molecule has 0 aromatic carbocycles. The molecule has 21 heavy (non-hydrogen) atoms. The van der Waals surface area contributed by atoms with E-state index < -0.39 is 0 Å². The van der Waals surface area contributed by atoms with Crippen LogP contribution in [0.5, 0.6) is 0 Å². The Balaban J connectivity index is 1.99. The molecule has 0 saturated carbocycles. The third-order valence-electron chi connectivity index (χ3n) is 3.51. The molecule has 110 valence electrons. The van der Waals surface area contributed by atoms with Gasteiger partial charge in [-0.3, -0.25) is 0 Å². The van der Waals surface area contributed by atoms with E-state index in [2.05, 4.69) is 35.1 Å². The molecule has 0 fully saturated rings. The van der Waals surface area contributed by atoms with Crippen molar-refractivity contribution in [1.29, 1.82) is 5.26 Å². The van der Waals surface area contributed by atoms with E-state index in [0.717, 1.165) is 30.2 Å². The standard InChI is InChI=1S/C16H21N5/c1-4-21(5-2)16-7-6-14(11-19-16)18-10-13-8-15(9-17)20(3)12-13/h6-8,11-12,18H,4-5,10H2,1-3H3. The van der Waals surface area contributed by atoms with Crippen LogP contribution in [-0.2, 0) is 13.6 Å². The van der Waals surface area contributed by atoms with Gasteiger partial charge in [-0.05, 0) is 37.6 Å². The molecule has 0 spiro atoms. The van der Waals surface area contributed by atoms with Gasteiger partial charge in [-0.15, -0.1) is 0 Å². The van der Waals surface area contributed by atoms with E-state index in [1.165, 1.54) is 0 Å². The molecule has 0 amide bonds. The van der Waals surface area contributed by atoms with Crippen LogP contribution in [-0.4, -0.2) is 22.6 Å². The summed E-state index contributed by atoms with van der Waals surface area (Å²) in [7, 11) is 1.88. The lowest BCUT2D eigenvalue weighted by Gasteiger charge is -2.19. The SMILES string of the molecule is CCN(CC)c1ccc(NCc2cc(C#N)n(C)c2)cn1. The van der Waals surface area contributed by atoms with E-state index in [-0.39, 0.29) is 0 Å². The summed E-state index contributed by atoms with van der Waals surface area (Å²) >= 11 is 0. The summed E-state index contributed by atoms with van der Waals surface area (Å²) in [5.74, 6) is 0.997. The number of pyridine rings is 1. The first-order chi connectivity index (χ1) is 10.2. The number of hydrogen-bond donors (Lipinski definition) is 1. The summed E-state index contributed by atoms with van der Waals surface area (Å²) in [5.41, 5.74) is 2.73. The van der Waals surface area contributed by atoms with E-state index in [4.69, 9.17) is 5.26 Å². The van der Waals surface area contributed by atoms with Crippen molar-refractivity contribution in [3.63, 3.8) is 0 Å². The zero-order valence-corrected chi connectivity index (χ0v) is 12.8. The summed E-state index contributed by atoms with van der Waals surface area (Å²) in [6.07, 6.45) is 3.81. The molecule has 1 N–H and O–H groups in total.